The van der Waals surface area contributed by atoms with Gasteiger partial charge in [0.1, 0.15) is 0 Å². The van der Waals surface area contributed by atoms with Crippen LogP contribution < -0.4 is 17.2 Å². The van der Waals surface area contributed by atoms with Crippen LogP contribution in [0.1, 0.15) is 72.0 Å². The first kappa shape index (κ1) is 40.0. The molecular weight excluding hydrogens is 438 g/mol. The Morgan fingerprint density at radius 2 is 1.53 bits per heavy atom. The summed E-state index contributed by atoms with van der Waals surface area (Å²) in [7, 11) is 0. The summed E-state index contributed by atoms with van der Waals surface area (Å²) in [4.78, 5) is 9.00. The van der Waals surface area contributed by atoms with Crippen molar-refractivity contribution in [3.05, 3.63) is 12.2 Å². The van der Waals surface area contributed by atoms with Gasteiger partial charge in [0.25, 0.3) is 5.97 Å². The highest BCUT2D eigenvalue weighted by Crippen LogP contribution is 2.00. The molecule has 32 heavy (non-hydrogen) atoms. The van der Waals surface area contributed by atoms with E-state index in [1.165, 1.54) is 6.33 Å². The van der Waals surface area contributed by atoms with Crippen molar-refractivity contribution in [3.8, 4) is 0 Å². The highest BCUT2D eigenvalue weighted by molar-refractivity contribution is 5.85. The minimum absolute atomic E-state index is 0. The summed E-state index contributed by atoms with van der Waals surface area (Å²) in [5, 5.41) is 35.5. The van der Waals surface area contributed by atoms with Gasteiger partial charge in [0.2, 0.25) is 0 Å². The van der Waals surface area contributed by atoms with Crippen molar-refractivity contribution in [2.45, 2.75) is 72.6 Å². The highest BCUT2D eigenvalue weighted by atomic mass is 35.5. The SMILES string of the molecule is C.CC(=O)O.CCOC(=N)CCCCCN.Cl.N=CN.NCCCCCc1nncnn1. The maximum atomic E-state index is 9.00. The summed E-state index contributed by atoms with van der Waals surface area (Å²) in [5.74, 6) is 0.291. The van der Waals surface area contributed by atoms with E-state index in [0.29, 0.717) is 12.5 Å². The third-order valence-electron chi connectivity index (χ3n) is 2.98. The summed E-state index contributed by atoms with van der Waals surface area (Å²) in [6.45, 7) is 5.10. The Morgan fingerprint density at radius 1 is 1.09 bits per heavy atom. The molecule has 1 aromatic rings. The quantitative estimate of drug-likeness (QED) is 0.153. The van der Waals surface area contributed by atoms with E-state index < -0.39 is 5.97 Å². The normalized spacial score (nSPS) is 8.25. The molecule has 12 nitrogen and oxygen atoms in total. The molecule has 0 saturated heterocycles. The average molecular weight is 482 g/mol. The lowest BCUT2D eigenvalue weighted by molar-refractivity contribution is -0.134. The van der Waals surface area contributed by atoms with Crippen LogP contribution in [0.2, 0.25) is 0 Å². The zero-order chi connectivity index (χ0) is 23.5. The van der Waals surface area contributed by atoms with Crippen LogP contribution >= 0.6 is 12.4 Å². The third kappa shape index (κ3) is 46.0. The van der Waals surface area contributed by atoms with E-state index in [-0.39, 0.29) is 19.8 Å². The van der Waals surface area contributed by atoms with Gasteiger partial charge >= 0.3 is 0 Å². The Hall–Kier alpha value is -2.44. The van der Waals surface area contributed by atoms with Crippen LogP contribution in [0.25, 0.3) is 0 Å². The summed E-state index contributed by atoms with van der Waals surface area (Å²) >= 11 is 0. The number of hydrogen-bond donors (Lipinski definition) is 6. The lowest BCUT2D eigenvalue weighted by Gasteiger charge is -2.03. The second kappa shape index (κ2) is 36.0. The van der Waals surface area contributed by atoms with Crippen molar-refractivity contribution in [3.63, 3.8) is 0 Å². The topological polar surface area (TPSA) is 224 Å². The summed E-state index contributed by atoms with van der Waals surface area (Å²) in [6.07, 6.45) is 10.1. The molecule has 1 heterocycles. The number of aromatic nitrogens is 4. The zero-order valence-corrected chi connectivity index (χ0v) is 19.4. The number of halogens is 1. The summed E-state index contributed by atoms with van der Waals surface area (Å²) in [6, 6.07) is 0. The molecule has 0 atom stereocenters. The predicted octanol–water partition coefficient (Wildman–Crippen LogP) is 2.16. The van der Waals surface area contributed by atoms with Crippen molar-refractivity contribution in [1.29, 1.82) is 10.8 Å². The minimum Gasteiger partial charge on any atom is -0.481 e. The van der Waals surface area contributed by atoms with Crippen LogP contribution in [0.5, 0.6) is 0 Å². The molecule has 0 spiro atoms. The Labute approximate surface area is 198 Å². The Balaban J connectivity index is -0.000000113. The molecule has 190 valence electrons. The van der Waals surface area contributed by atoms with Gasteiger partial charge in [-0.25, -0.2) is 0 Å². The minimum atomic E-state index is -0.833. The number of unbranched alkanes of at least 4 members (excludes halogenated alkanes) is 4. The fourth-order valence-electron chi connectivity index (χ4n) is 1.79. The van der Waals surface area contributed by atoms with Crippen LogP contribution in [0.15, 0.2) is 6.33 Å². The van der Waals surface area contributed by atoms with Crippen LogP contribution in [0.4, 0.5) is 0 Å². The van der Waals surface area contributed by atoms with Gasteiger partial charge in [0.15, 0.2) is 18.0 Å². The number of carboxylic acid groups (broad SMARTS) is 1. The number of hydrogen-bond acceptors (Lipinski definition) is 10. The van der Waals surface area contributed by atoms with Gasteiger partial charge in [-0.05, 0) is 45.7 Å². The lowest BCUT2D eigenvalue weighted by Crippen LogP contribution is -2.03. The lowest BCUT2D eigenvalue weighted by atomic mass is 10.2. The van der Waals surface area contributed by atoms with Gasteiger partial charge in [-0.3, -0.25) is 15.6 Å². The van der Waals surface area contributed by atoms with E-state index in [0.717, 1.165) is 83.5 Å². The molecule has 1 aromatic heterocycles. The maximum Gasteiger partial charge on any atom is 0.300 e. The van der Waals surface area contributed by atoms with Gasteiger partial charge in [-0.2, -0.15) is 0 Å². The number of nitrogens with two attached hydrogens (primary N) is 3. The standard InChI is InChI=1S/C8H18N2O.C7H13N5.C2H4O2.CH4N2.CH4.ClH/c1-2-11-8(10)6-4-3-5-7-9;8-5-3-1-2-4-7-11-9-6-10-12-7;1-2(3)4;2-1-3;;/h10H,2-7,9H2,1H3;6H,1-5,8H2;1H3,(H,3,4);1H,(H3,2,3);1H4;1H. The van der Waals surface area contributed by atoms with Crippen LogP contribution in [0.3, 0.4) is 0 Å². The molecule has 0 aliphatic rings. The molecule has 0 fully saturated rings. The predicted molar refractivity (Wildman–Crippen MR) is 131 cm³/mol. The highest BCUT2D eigenvalue weighted by Gasteiger charge is 1.96. The largest absolute Gasteiger partial charge is 0.481 e. The van der Waals surface area contributed by atoms with Gasteiger partial charge in [-0.1, -0.05) is 20.3 Å². The van der Waals surface area contributed by atoms with Gasteiger partial charge < -0.3 is 27.0 Å². The number of nitrogens with one attached hydrogen (secondary N) is 2. The number of aliphatic carboxylic acids is 1. The monoisotopic (exact) mass is 481 g/mol. The number of nitrogens with zero attached hydrogens (tertiary/aromatic N) is 4. The number of aryl methyl sites for hydroxylation is 1. The Kier molecular flexibility index (Phi) is 44.9. The smallest absolute Gasteiger partial charge is 0.300 e. The van der Waals surface area contributed by atoms with Crippen molar-refractivity contribution in [1.82, 2.24) is 20.4 Å². The van der Waals surface area contributed by atoms with Crippen LogP contribution in [-0.4, -0.2) is 63.4 Å². The van der Waals surface area contributed by atoms with Crippen molar-refractivity contribution >= 4 is 30.6 Å². The fourth-order valence-corrected chi connectivity index (χ4v) is 1.79. The van der Waals surface area contributed by atoms with E-state index in [1.807, 2.05) is 6.92 Å². The van der Waals surface area contributed by atoms with Gasteiger partial charge in [0, 0.05) is 19.8 Å². The molecule has 0 aromatic carbocycles. The molecule has 0 bridgehead atoms. The molecule has 0 amide bonds. The third-order valence-corrected chi connectivity index (χ3v) is 2.98. The number of carbonyl (C=O) groups is 1. The van der Waals surface area contributed by atoms with E-state index in [4.69, 9.17) is 36.9 Å². The Morgan fingerprint density at radius 3 is 1.94 bits per heavy atom. The second-order valence-electron chi connectivity index (χ2n) is 5.70. The molecule has 0 aliphatic heterocycles. The first-order valence-electron chi connectivity index (χ1n) is 9.89. The average Bonchev–Trinajstić information content (AvgIpc) is 2.70. The van der Waals surface area contributed by atoms with E-state index >= 15 is 0 Å². The molecule has 0 aliphatic carbocycles. The van der Waals surface area contributed by atoms with Crippen LogP contribution in [-0.2, 0) is 16.0 Å². The molecular formula is C19H44ClN9O3. The van der Waals surface area contributed by atoms with Crippen molar-refractivity contribution in [2.24, 2.45) is 17.2 Å². The number of carboxylic acids is 1. The molecule has 0 saturated carbocycles. The molecule has 0 radical (unpaired) electrons. The van der Waals surface area contributed by atoms with Gasteiger partial charge in [0.05, 0.1) is 12.9 Å². The number of rotatable bonds is 11. The first-order chi connectivity index (χ1) is 14.4. The molecule has 13 heteroatoms. The summed E-state index contributed by atoms with van der Waals surface area (Å²) < 4.78 is 4.97. The van der Waals surface area contributed by atoms with Crippen LogP contribution in [0, 0.1) is 10.8 Å². The second-order valence-corrected chi connectivity index (χ2v) is 5.70. The first-order valence-corrected chi connectivity index (χ1v) is 9.89. The number of ether oxygens (including phenoxy) is 1. The van der Waals surface area contributed by atoms with Gasteiger partial charge in [-0.15, -0.1) is 32.8 Å². The van der Waals surface area contributed by atoms with E-state index in [9.17, 15) is 0 Å². The molecule has 1 rings (SSSR count). The summed E-state index contributed by atoms with van der Waals surface area (Å²) in [5.41, 5.74) is 15.1. The molecule has 9 N–H and O–H groups in total. The van der Waals surface area contributed by atoms with Crippen molar-refractivity contribution in [2.75, 3.05) is 19.7 Å². The van der Waals surface area contributed by atoms with Crippen molar-refractivity contribution < 1.29 is 14.6 Å². The van der Waals surface area contributed by atoms with E-state index in [2.05, 4.69) is 26.1 Å². The Bertz CT molecular complexity index is 508. The zero-order valence-electron chi connectivity index (χ0n) is 18.6. The van der Waals surface area contributed by atoms with E-state index in [1.54, 1.807) is 0 Å². The molecule has 0 unspecified atom stereocenters. The maximum absolute atomic E-state index is 9.00. The fraction of sp³-hybridized carbons (Fsp3) is 0.737.